The number of hydrogen-bond donors (Lipinski definition) is 1. The molecule has 0 aliphatic heterocycles. The Kier molecular flexibility index (Phi) is 5.39. The molecule has 0 aliphatic carbocycles. The van der Waals surface area contributed by atoms with Crippen molar-refractivity contribution in [3.63, 3.8) is 0 Å². The van der Waals surface area contributed by atoms with Crippen molar-refractivity contribution >= 4 is 11.9 Å². The first-order valence-electron chi connectivity index (χ1n) is 8.20. The number of aromatic nitrogens is 1. The predicted molar refractivity (Wildman–Crippen MR) is 97.7 cm³/mol. The Balaban J connectivity index is 1.89. The molecule has 1 heterocycles. The number of benzene rings is 2. The van der Waals surface area contributed by atoms with Crippen LogP contribution in [0.5, 0.6) is 0 Å². The molecule has 1 N–H and O–H groups in total. The van der Waals surface area contributed by atoms with E-state index in [2.05, 4.69) is 4.98 Å². The van der Waals surface area contributed by atoms with Crippen molar-refractivity contribution in [2.24, 2.45) is 0 Å². The number of carboxylic acid groups (broad SMARTS) is 1. The SMILES string of the molecule is O=C(O)c1ccnc(C(=O)N(Cc2ccccc2)Cc2ccccc2)c1. The maximum atomic E-state index is 13.0. The van der Waals surface area contributed by atoms with E-state index >= 15 is 0 Å². The summed E-state index contributed by atoms with van der Waals surface area (Å²) in [5.41, 5.74) is 2.15. The predicted octanol–water partition coefficient (Wildman–Crippen LogP) is 3.62. The zero-order valence-corrected chi connectivity index (χ0v) is 14.1. The highest BCUT2D eigenvalue weighted by molar-refractivity contribution is 5.95. The molecule has 130 valence electrons. The van der Waals surface area contributed by atoms with Crippen LogP contribution in [0.15, 0.2) is 79.0 Å². The fraction of sp³-hybridized carbons (Fsp3) is 0.0952. The van der Waals surface area contributed by atoms with Crippen molar-refractivity contribution < 1.29 is 14.7 Å². The normalized spacial score (nSPS) is 10.3. The largest absolute Gasteiger partial charge is 0.478 e. The number of aromatic carboxylic acids is 1. The number of carbonyl (C=O) groups excluding carboxylic acids is 1. The van der Waals surface area contributed by atoms with Crippen molar-refractivity contribution in [1.29, 1.82) is 0 Å². The van der Waals surface area contributed by atoms with Crippen LogP contribution in [0, 0.1) is 0 Å². The number of pyridine rings is 1. The summed E-state index contributed by atoms with van der Waals surface area (Å²) in [7, 11) is 0. The van der Waals surface area contributed by atoms with Gasteiger partial charge in [-0.15, -0.1) is 0 Å². The summed E-state index contributed by atoms with van der Waals surface area (Å²) in [5.74, 6) is -1.39. The fourth-order valence-electron chi connectivity index (χ4n) is 2.65. The third kappa shape index (κ3) is 4.33. The lowest BCUT2D eigenvalue weighted by atomic mass is 10.1. The molecule has 0 saturated heterocycles. The van der Waals surface area contributed by atoms with E-state index in [0.717, 1.165) is 11.1 Å². The molecule has 0 aliphatic rings. The second kappa shape index (κ2) is 8.07. The lowest BCUT2D eigenvalue weighted by Gasteiger charge is -2.23. The Hall–Kier alpha value is -3.47. The van der Waals surface area contributed by atoms with Gasteiger partial charge >= 0.3 is 5.97 Å². The molecule has 0 atom stereocenters. The van der Waals surface area contributed by atoms with Crippen LogP contribution in [0.1, 0.15) is 32.0 Å². The average molecular weight is 346 g/mol. The first kappa shape index (κ1) is 17.4. The van der Waals surface area contributed by atoms with E-state index in [0.29, 0.717) is 13.1 Å². The van der Waals surface area contributed by atoms with Crippen molar-refractivity contribution in [3.05, 3.63) is 101 Å². The van der Waals surface area contributed by atoms with Gasteiger partial charge in [0.25, 0.3) is 5.91 Å². The summed E-state index contributed by atoms with van der Waals surface area (Å²) in [5, 5.41) is 9.15. The van der Waals surface area contributed by atoms with Crippen LogP contribution in [0.25, 0.3) is 0 Å². The maximum Gasteiger partial charge on any atom is 0.335 e. The minimum absolute atomic E-state index is 0.0442. The minimum atomic E-state index is -1.08. The standard InChI is InChI=1S/C21H18N2O3/c24-20(19-13-18(21(25)26)11-12-22-19)23(14-16-7-3-1-4-8-16)15-17-9-5-2-6-10-17/h1-13H,14-15H2,(H,25,26). The molecule has 1 aromatic heterocycles. The molecule has 26 heavy (non-hydrogen) atoms. The molecule has 3 aromatic rings. The second-order valence-corrected chi connectivity index (χ2v) is 5.87. The first-order chi connectivity index (χ1) is 12.6. The van der Waals surface area contributed by atoms with Gasteiger partial charge in [-0.2, -0.15) is 0 Å². The molecule has 1 amide bonds. The first-order valence-corrected chi connectivity index (χ1v) is 8.20. The molecule has 0 spiro atoms. The van der Waals surface area contributed by atoms with Gasteiger partial charge in [-0.3, -0.25) is 9.78 Å². The van der Waals surface area contributed by atoms with Gasteiger partial charge in [-0.1, -0.05) is 60.7 Å². The Bertz CT molecular complexity index is 854. The summed E-state index contributed by atoms with van der Waals surface area (Å²) >= 11 is 0. The van der Waals surface area contributed by atoms with Gasteiger partial charge in [-0.25, -0.2) is 4.79 Å². The van der Waals surface area contributed by atoms with Crippen LogP contribution in [0.4, 0.5) is 0 Å². The lowest BCUT2D eigenvalue weighted by molar-refractivity contribution is 0.0696. The van der Waals surface area contributed by atoms with Gasteiger partial charge in [0.05, 0.1) is 5.56 Å². The zero-order chi connectivity index (χ0) is 18.4. The molecule has 0 radical (unpaired) electrons. The van der Waals surface area contributed by atoms with Gasteiger partial charge in [0, 0.05) is 19.3 Å². The van der Waals surface area contributed by atoms with E-state index in [1.54, 1.807) is 4.90 Å². The number of carboxylic acids is 1. The van der Waals surface area contributed by atoms with Crippen LogP contribution >= 0.6 is 0 Å². The number of nitrogens with zero attached hydrogens (tertiary/aromatic N) is 2. The molecule has 3 rings (SSSR count). The van der Waals surface area contributed by atoms with Gasteiger partial charge in [-0.05, 0) is 23.3 Å². The summed E-state index contributed by atoms with van der Waals surface area (Å²) in [6.07, 6.45) is 1.35. The van der Waals surface area contributed by atoms with Gasteiger partial charge in [0.1, 0.15) is 5.69 Å². The molecule has 5 nitrogen and oxygen atoms in total. The highest BCUT2D eigenvalue weighted by atomic mass is 16.4. The highest BCUT2D eigenvalue weighted by Crippen LogP contribution is 2.14. The molecule has 0 bridgehead atoms. The second-order valence-electron chi connectivity index (χ2n) is 5.87. The summed E-state index contributed by atoms with van der Waals surface area (Å²) in [6, 6.07) is 22.0. The van der Waals surface area contributed by atoms with Crippen LogP contribution in [-0.2, 0) is 13.1 Å². The monoisotopic (exact) mass is 346 g/mol. The van der Waals surface area contributed by atoms with Crippen molar-refractivity contribution in [2.45, 2.75) is 13.1 Å². The summed E-state index contributed by atoms with van der Waals surface area (Å²) < 4.78 is 0. The quantitative estimate of drug-likeness (QED) is 0.740. The number of rotatable bonds is 6. The maximum absolute atomic E-state index is 13.0. The highest BCUT2D eigenvalue weighted by Gasteiger charge is 2.19. The van der Waals surface area contributed by atoms with E-state index in [4.69, 9.17) is 5.11 Å². The van der Waals surface area contributed by atoms with E-state index in [9.17, 15) is 9.59 Å². The zero-order valence-electron chi connectivity index (χ0n) is 14.1. The molecule has 0 fully saturated rings. The Morgan fingerprint density at radius 2 is 1.38 bits per heavy atom. The number of carbonyl (C=O) groups is 2. The third-order valence-electron chi connectivity index (χ3n) is 3.95. The van der Waals surface area contributed by atoms with Crippen molar-refractivity contribution in [2.75, 3.05) is 0 Å². The molecule has 2 aromatic carbocycles. The van der Waals surface area contributed by atoms with Crippen molar-refractivity contribution in [3.8, 4) is 0 Å². The molecular formula is C21H18N2O3. The Morgan fingerprint density at radius 1 is 0.846 bits per heavy atom. The van der Waals surface area contributed by atoms with Crippen LogP contribution in [0.2, 0.25) is 0 Å². The summed E-state index contributed by atoms with van der Waals surface area (Å²) in [4.78, 5) is 29.9. The van der Waals surface area contributed by atoms with Gasteiger partial charge in [0.2, 0.25) is 0 Å². The average Bonchev–Trinajstić information content (AvgIpc) is 2.68. The minimum Gasteiger partial charge on any atom is -0.478 e. The Morgan fingerprint density at radius 3 is 1.88 bits per heavy atom. The topological polar surface area (TPSA) is 70.5 Å². The lowest BCUT2D eigenvalue weighted by Crippen LogP contribution is -2.31. The number of amides is 1. The fourth-order valence-corrected chi connectivity index (χ4v) is 2.65. The van der Waals surface area contributed by atoms with E-state index in [-0.39, 0.29) is 17.2 Å². The third-order valence-corrected chi connectivity index (χ3v) is 3.95. The molecular weight excluding hydrogens is 328 g/mol. The summed E-state index contributed by atoms with van der Waals surface area (Å²) in [6.45, 7) is 0.821. The molecule has 0 unspecified atom stereocenters. The number of hydrogen-bond acceptors (Lipinski definition) is 3. The Labute approximate surface area is 151 Å². The van der Waals surface area contributed by atoms with Crippen LogP contribution in [-0.4, -0.2) is 26.9 Å². The molecule has 5 heteroatoms. The smallest absolute Gasteiger partial charge is 0.335 e. The van der Waals surface area contributed by atoms with E-state index in [1.807, 2.05) is 60.7 Å². The van der Waals surface area contributed by atoms with Crippen molar-refractivity contribution in [1.82, 2.24) is 9.88 Å². The van der Waals surface area contributed by atoms with Crippen LogP contribution < -0.4 is 0 Å². The van der Waals surface area contributed by atoms with E-state index in [1.165, 1.54) is 18.3 Å². The van der Waals surface area contributed by atoms with Gasteiger partial charge in [0.15, 0.2) is 0 Å². The molecule has 0 saturated carbocycles. The van der Waals surface area contributed by atoms with Gasteiger partial charge < -0.3 is 10.0 Å². The van der Waals surface area contributed by atoms with Crippen LogP contribution in [0.3, 0.4) is 0 Å². The van der Waals surface area contributed by atoms with E-state index < -0.39 is 5.97 Å².